The highest BCUT2D eigenvalue weighted by atomic mass is 35.5. The zero-order chi connectivity index (χ0) is 32.2. The van der Waals surface area contributed by atoms with E-state index in [4.69, 9.17) is 19.9 Å². The molecule has 10 nitrogen and oxygen atoms in total. The van der Waals surface area contributed by atoms with Gasteiger partial charge in [-0.25, -0.2) is 9.59 Å². The minimum atomic E-state index is -1.68. The number of halogens is 1. The fourth-order valence-corrected chi connectivity index (χ4v) is 5.51. The van der Waals surface area contributed by atoms with E-state index in [0.717, 1.165) is 27.8 Å². The summed E-state index contributed by atoms with van der Waals surface area (Å²) < 4.78 is 16.2. The number of carbonyl (C=O) groups is 3. The summed E-state index contributed by atoms with van der Waals surface area (Å²) in [4.78, 5) is 39.3. The van der Waals surface area contributed by atoms with Crippen LogP contribution in [-0.2, 0) is 30.2 Å². The molecule has 0 saturated carbocycles. The van der Waals surface area contributed by atoms with Crippen LogP contribution in [0.5, 0.6) is 0 Å². The molecule has 46 heavy (non-hydrogen) atoms. The third-order valence-electron chi connectivity index (χ3n) is 7.64. The molecule has 1 aliphatic carbocycles. The SMILES string of the molecule is CC(C)C[C@H](NC(=O)[C@@H](O)C(Cc1ccccc1)NC(=O)OCC1c2ccccc2-c2ccccc21)C(=O)OCCOCCN.Cl. The smallest absolute Gasteiger partial charge is 0.407 e. The Morgan fingerprint density at radius 2 is 1.43 bits per heavy atom. The molecular weight excluding hydrogens is 610 g/mol. The number of hydrogen-bond acceptors (Lipinski definition) is 8. The summed E-state index contributed by atoms with van der Waals surface area (Å²) in [6.07, 6.45) is -2.00. The van der Waals surface area contributed by atoms with Gasteiger partial charge < -0.3 is 35.7 Å². The van der Waals surface area contributed by atoms with Crippen LogP contribution < -0.4 is 16.4 Å². The number of amides is 2. The average Bonchev–Trinajstić information content (AvgIpc) is 3.36. The molecule has 4 rings (SSSR count). The lowest BCUT2D eigenvalue weighted by atomic mass is 9.98. The Balaban J connectivity index is 0.00000576. The standard InChI is InChI=1S/C35H43N3O7.ClH/c1-23(2)20-31(34(41)44-19-18-43-17-16-36)37-33(40)32(39)30(21-24-10-4-3-5-11-24)38-35(42)45-22-29-27-14-8-6-12-25(27)26-13-7-9-15-28(26)29;/h3-15,23,29-32,39H,16-22,36H2,1-2H3,(H,37,40)(H,38,42);1H/t30?,31-,32-;/m0./s1. The van der Waals surface area contributed by atoms with Crippen LogP contribution in [0.3, 0.4) is 0 Å². The molecule has 5 N–H and O–H groups in total. The van der Waals surface area contributed by atoms with E-state index in [9.17, 15) is 19.5 Å². The van der Waals surface area contributed by atoms with E-state index in [1.165, 1.54) is 0 Å². The first-order valence-corrected chi connectivity index (χ1v) is 15.4. The number of aliphatic hydroxyl groups excluding tert-OH is 1. The van der Waals surface area contributed by atoms with Crippen molar-refractivity contribution in [2.75, 3.05) is 33.0 Å². The Labute approximate surface area is 276 Å². The molecule has 0 fully saturated rings. The zero-order valence-corrected chi connectivity index (χ0v) is 27.0. The number of hydrogen-bond donors (Lipinski definition) is 4. The average molecular weight is 654 g/mol. The highest BCUT2D eigenvalue weighted by Gasteiger charge is 2.33. The summed E-state index contributed by atoms with van der Waals surface area (Å²) in [5, 5.41) is 16.5. The van der Waals surface area contributed by atoms with Crippen LogP contribution in [0, 0.1) is 5.92 Å². The molecule has 1 aliphatic rings. The van der Waals surface area contributed by atoms with Gasteiger partial charge in [0.05, 0.1) is 19.3 Å². The quantitative estimate of drug-likeness (QED) is 0.134. The van der Waals surface area contributed by atoms with Crippen molar-refractivity contribution in [3.8, 4) is 11.1 Å². The maximum atomic E-state index is 13.3. The van der Waals surface area contributed by atoms with E-state index in [2.05, 4.69) is 22.8 Å². The second kappa shape index (κ2) is 18.3. The van der Waals surface area contributed by atoms with Crippen LogP contribution in [0.4, 0.5) is 4.79 Å². The molecule has 0 heterocycles. The first-order valence-electron chi connectivity index (χ1n) is 15.4. The maximum absolute atomic E-state index is 13.3. The van der Waals surface area contributed by atoms with Crippen molar-refractivity contribution < 1.29 is 33.7 Å². The van der Waals surface area contributed by atoms with Gasteiger partial charge in [-0.1, -0.05) is 92.7 Å². The van der Waals surface area contributed by atoms with Crippen LogP contribution in [0.2, 0.25) is 0 Å². The van der Waals surface area contributed by atoms with Gasteiger partial charge >= 0.3 is 12.1 Å². The predicted octanol–water partition coefficient (Wildman–Crippen LogP) is 3.97. The van der Waals surface area contributed by atoms with Crippen molar-refractivity contribution >= 4 is 30.4 Å². The maximum Gasteiger partial charge on any atom is 0.407 e. The summed E-state index contributed by atoms with van der Waals surface area (Å²) in [5.74, 6) is -1.54. The first-order chi connectivity index (χ1) is 21.8. The Kier molecular flexibility index (Phi) is 14.5. The molecule has 11 heteroatoms. The lowest BCUT2D eigenvalue weighted by Crippen LogP contribution is -2.55. The summed E-state index contributed by atoms with van der Waals surface area (Å²) in [6.45, 7) is 4.77. The third-order valence-corrected chi connectivity index (χ3v) is 7.64. The number of aliphatic hydroxyl groups is 1. The Morgan fingerprint density at radius 1 is 0.826 bits per heavy atom. The van der Waals surface area contributed by atoms with Gasteiger partial charge in [-0.15, -0.1) is 12.4 Å². The largest absolute Gasteiger partial charge is 0.462 e. The van der Waals surface area contributed by atoms with E-state index in [1.807, 2.05) is 80.6 Å². The molecule has 3 aromatic rings. The Bertz CT molecular complexity index is 1380. The van der Waals surface area contributed by atoms with Gasteiger partial charge in [0.2, 0.25) is 0 Å². The van der Waals surface area contributed by atoms with E-state index in [-0.39, 0.29) is 50.5 Å². The molecule has 0 saturated heterocycles. The number of fused-ring (bicyclic) bond motifs is 3. The molecule has 2 amide bonds. The molecule has 3 aromatic carbocycles. The van der Waals surface area contributed by atoms with Gasteiger partial charge in [-0.3, -0.25) is 4.79 Å². The van der Waals surface area contributed by atoms with Crippen molar-refractivity contribution in [3.05, 3.63) is 95.6 Å². The summed E-state index contributed by atoms with van der Waals surface area (Å²) >= 11 is 0. The van der Waals surface area contributed by atoms with Crippen molar-refractivity contribution in [2.45, 2.75) is 50.8 Å². The third kappa shape index (κ3) is 10.0. The number of esters is 1. The summed E-state index contributed by atoms with van der Waals surface area (Å²) in [6, 6.07) is 23.2. The van der Waals surface area contributed by atoms with Gasteiger partial charge in [-0.2, -0.15) is 0 Å². The van der Waals surface area contributed by atoms with Gasteiger partial charge in [-0.05, 0) is 46.6 Å². The van der Waals surface area contributed by atoms with Crippen LogP contribution in [0.25, 0.3) is 11.1 Å². The Morgan fingerprint density at radius 3 is 2.04 bits per heavy atom. The molecule has 0 aromatic heterocycles. The van der Waals surface area contributed by atoms with E-state index >= 15 is 0 Å². The molecule has 248 valence electrons. The fraction of sp³-hybridized carbons (Fsp3) is 0.400. The minimum absolute atomic E-state index is 0. The normalized spacial score (nSPS) is 13.8. The molecule has 0 bridgehead atoms. The van der Waals surface area contributed by atoms with Crippen LogP contribution in [0.15, 0.2) is 78.9 Å². The highest BCUT2D eigenvalue weighted by molar-refractivity contribution is 5.88. The molecule has 0 spiro atoms. The van der Waals surface area contributed by atoms with Crippen molar-refractivity contribution in [3.63, 3.8) is 0 Å². The second-order valence-electron chi connectivity index (χ2n) is 11.5. The lowest BCUT2D eigenvalue weighted by molar-refractivity contribution is -0.151. The lowest BCUT2D eigenvalue weighted by Gasteiger charge is -2.26. The predicted molar refractivity (Wildman–Crippen MR) is 178 cm³/mol. The molecular formula is C35H44ClN3O7. The zero-order valence-electron chi connectivity index (χ0n) is 26.2. The van der Waals surface area contributed by atoms with Crippen LogP contribution >= 0.6 is 12.4 Å². The van der Waals surface area contributed by atoms with Crippen molar-refractivity contribution in [2.24, 2.45) is 11.7 Å². The van der Waals surface area contributed by atoms with Gasteiger partial charge in [0, 0.05) is 12.5 Å². The molecule has 3 atom stereocenters. The molecule has 1 unspecified atom stereocenters. The summed E-state index contributed by atoms with van der Waals surface area (Å²) in [5.41, 5.74) is 10.5. The molecule has 0 aliphatic heterocycles. The fourth-order valence-electron chi connectivity index (χ4n) is 5.51. The number of ether oxygens (including phenoxy) is 3. The van der Waals surface area contributed by atoms with Crippen LogP contribution in [0.1, 0.15) is 42.9 Å². The second-order valence-corrected chi connectivity index (χ2v) is 11.5. The highest BCUT2D eigenvalue weighted by Crippen LogP contribution is 2.44. The monoisotopic (exact) mass is 653 g/mol. The van der Waals surface area contributed by atoms with E-state index in [0.29, 0.717) is 19.6 Å². The number of benzene rings is 3. The topological polar surface area (TPSA) is 149 Å². The van der Waals surface area contributed by atoms with E-state index < -0.39 is 36.2 Å². The number of rotatable bonds is 16. The van der Waals surface area contributed by atoms with Crippen LogP contribution in [-0.4, -0.2) is 74.2 Å². The number of carbonyl (C=O) groups excluding carboxylic acids is 3. The van der Waals surface area contributed by atoms with Gasteiger partial charge in [0.25, 0.3) is 5.91 Å². The van der Waals surface area contributed by atoms with Crippen molar-refractivity contribution in [1.29, 1.82) is 0 Å². The van der Waals surface area contributed by atoms with Gasteiger partial charge in [0.15, 0.2) is 6.10 Å². The number of nitrogens with one attached hydrogen (secondary N) is 2. The first kappa shape index (κ1) is 36.5. The van der Waals surface area contributed by atoms with Crippen molar-refractivity contribution in [1.82, 2.24) is 10.6 Å². The van der Waals surface area contributed by atoms with Gasteiger partial charge in [0.1, 0.15) is 19.3 Å². The van der Waals surface area contributed by atoms with E-state index in [1.54, 1.807) is 0 Å². The number of alkyl carbamates (subject to hydrolysis) is 1. The minimum Gasteiger partial charge on any atom is -0.462 e. The summed E-state index contributed by atoms with van der Waals surface area (Å²) in [7, 11) is 0. The molecule has 0 radical (unpaired) electrons. The Hall–Kier alpha value is -3.96. The number of nitrogens with two attached hydrogens (primary N) is 1.